The van der Waals surface area contributed by atoms with Gasteiger partial charge < -0.3 is 14.8 Å². The fourth-order valence-electron chi connectivity index (χ4n) is 1.55. The first-order chi connectivity index (χ1) is 9.13. The number of nitrogens with one attached hydrogen (secondary N) is 3. The van der Waals surface area contributed by atoms with Crippen LogP contribution in [-0.4, -0.2) is 30.3 Å². The van der Waals surface area contributed by atoms with E-state index in [9.17, 15) is 9.59 Å². The van der Waals surface area contributed by atoms with Crippen molar-refractivity contribution in [1.29, 1.82) is 0 Å². The maximum Gasteiger partial charge on any atom is 0.273 e. The third-order valence-corrected chi connectivity index (χ3v) is 2.50. The molecular weight excluding hydrogens is 250 g/mol. The molecule has 1 aromatic heterocycles. The second-order valence-corrected chi connectivity index (χ2v) is 3.69. The highest BCUT2D eigenvalue weighted by Crippen LogP contribution is 2.29. The van der Waals surface area contributed by atoms with Crippen molar-refractivity contribution >= 4 is 11.6 Å². The van der Waals surface area contributed by atoms with Crippen LogP contribution in [-0.2, 0) is 0 Å². The van der Waals surface area contributed by atoms with Crippen LogP contribution in [0.2, 0.25) is 0 Å². The van der Waals surface area contributed by atoms with Crippen LogP contribution in [0.15, 0.2) is 29.1 Å². The van der Waals surface area contributed by atoms with Crippen molar-refractivity contribution in [3.8, 4) is 11.5 Å². The highest BCUT2D eigenvalue weighted by atomic mass is 16.5. The number of hydrogen-bond donors (Lipinski definition) is 3. The van der Waals surface area contributed by atoms with Gasteiger partial charge in [0.15, 0.2) is 0 Å². The van der Waals surface area contributed by atoms with Crippen molar-refractivity contribution in [2.24, 2.45) is 0 Å². The van der Waals surface area contributed by atoms with Crippen molar-refractivity contribution in [1.82, 2.24) is 10.2 Å². The summed E-state index contributed by atoms with van der Waals surface area (Å²) in [4.78, 5) is 22.8. The maximum absolute atomic E-state index is 11.9. The third kappa shape index (κ3) is 2.76. The van der Waals surface area contributed by atoms with Gasteiger partial charge in [-0.15, -0.1) is 0 Å². The Hall–Kier alpha value is -2.70. The molecule has 0 aliphatic heterocycles. The number of H-pyrrole nitrogens is 2. The Bertz CT molecular complexity index is 644. The average molecular weight is 263 g/mol. The van der Waals surface area contributed by atoms with Gasteiger partial charge in [0.1, 0.15) is 17.2 Å². The molecule has 1 amide bonds. The fourth-order valence-corrected chi connectivity index (χ4v) is 1.55. The summed E-state index contributed by atoms with van der Waals surface area (Å²) in [7, 11) is 3.03. The van der Waals surface area contributed by atoms with Gasteiger partial charge in [-0.25, -0.2) is 0 Å². The van der Waals surface area contributed by atoms with Crippen molar-refractivity contribution < 1.29 is 14.3 Å². The quantitative estimate of drug-likeness (QED) is 0.765. The van der Waals surface area contributed by atoms with E-state index in [0.717, 1.165) is 0 Å². The summed E-state index contributed by atoms with van der Waals surface area (Å²) in [5.74, 6) is 0.636. The average Bonchev–Trinajstić information content (AvgIpc) is 2.86. The summed E-state index contributed by atoms with van der Waals surface area (Å²) in [5, 5.41) is 7.39. The van der Waals surface area contributed by atoms with Gasteiger partial charge in [-0.1, -0.05) is 0 Å². The molecule has 0 unspecified atom stereocenters. The SMILES string of the molecule is COc1ccc(NC(=O)c2cc(=O)[nH][nH]2)c(OC)c1. The minimum Gasteiger partial charge on any atom is -0.497 e. The van der Waals surface area contributed by atoms with Crippen molar-refractivity contribution in [3.05, 3.63) is 40.3 Å². The summed E-state index contributed by atoms with van der Waals surface area (Å²) < 4.78 is 10.2. The summed E-state index contributed by atoms with van der Waals surface area (Å²) in [5.41, 5.74) is 0.255. The summed E-state index contributed by atoms with van der Waals surface area (Å²) in [6.45, 7) is 0. The van der Waals surface area contributed by atoms with Gasteiger partial charge in [-0.3, -0.25) is 19.8 Å². The van der Waals surface area contributed by atoms with E-state index < -0.39 is 5.91 Å². The zero-order valence-corrected chi connectivity index (χ0v) is 10.4. The van der Waals surface area contributed by atoms with Gasteiger partial charge in [0, 0.05) is 12.1 Å². The van der Waals surface area contributed by atoms with Gasteiger partial charge in [0.25, 0.3) is 11.5 Å². The lowest BCUT2D eigenvalue weighted by molar-refractivity contribution is 0.102. The molecule has 0 atom stereocenters. The molecular formula is C12H13N3O4. The number of carbonyl (C=O) groups excluding carboxylic acids is 1. The lowest BCUT2D eigenvalue weighted by atomic mass is 10.2. The lowest BCUT2D eigenvalue weighted by Crippen LogP contribution is -2.13. The summed E-state index contributed by atoms with van der Waals surface area (Å²) >= 11 is 0. The Labute approximate surface area is 108 Å². The fraction of sp³-hybridized carbons (Fsp3) is 0.167. The summed E-state index contributed by atoms with van der Waals surface area (Å²) in [6, 6.07) is 6.17. The number of anilines is 1. The first-order valence-electron chi connectivity index (χ1n) is 5.45. The molecule has 2 rings (SSSR count). The van der Waals surface area contributed by atoms with Gasteiger partial charge in [-0.2, -0.15) is 0 Å². The lowest BCUT2D eigenvalue weighted by Gasteiger charge is -2.10. The predicted molar refractivity (Wildman–Crippen MR) is 68.9 cm³/mol. The van der Waals surface area contributed by atoms with Gasteiger partial charge >= 0.3 is 0 Å². The van der Waals surface area contributed by atoms with E-state index in [4.69, 9.17) is 9.47 Å². The van der Waals surface area contributed by atoms with Crippen molar-refractivity contribution in [2.45, 2.75) is 0 Å². The molecule has 0 spiro atoms. The van der Waals surface area contributed by atoms with Crippen LogP contribution >= 0.6 is 0 Å². The molecule has 7 heteroatoms. The molecule has 100 valence electrons. The Morgan fingerprint density at radius 1 is 1.16 bits per heavy atom. The first-order valence-corrected chi connectivity index (χ1v) is 5.45. The number of aromatic nitrogens is 2. The Morgan fingerprint density at radius 3 is 2.53 bits per heavy atom. The molecule has 0 saturated heterocycles. The van der Waals surface area contributed by atoms with Crippen LogP contribution in [0.3, 0.4) is 0 Å². The maximum atomic E-state index is 11.9. The highest BCUT2D eigenvalue weighted by molar-refractivity contribution is 6.03. The molecule has 0 fully saturated rings. The smallest absolute Gasteiger partial charge is 0.273 e. The third-order valence-electron chi connectivity index (χ3n) is 2.50. The van der Waals surface area contributed by atoms with E-state index in [0.29, 0.717) is 17.2 Å². The van der Waals surface area contributed by atoms with Gasteiger partial charge in [-0.05, 0) is 12.1 Å². The van der Waals surface area contributed by atoms with Gasteiger partial charge in [0.05, 0.1) is 19.9 Å². The van der Waals surface area contributed by atoms with Crippen molar-refractivity contribution in [3.63, 3.8) is 0 Å². The zero-order chi connectivity index (χ0) is 13.8. The molecule has 0 saturated carbocycles. The Balaban J connectivity index is 2.23. The normalized spacial score (nSPS) is 10.0. The van der Waals surface area contributed by atoms with Crippen LogP contribution < -0.4 is 20.3 Å². The van der Waals surface area contributed by atoms with E-state index in [1.54, 1.807) is 18.2 Å². The highest BCUT2D eigenvalue weighted by Gasteiger charge is 2.12. The summed E-state index contributed by atoms with van der Waals surface area (Å²) in [6.07, 6.45) is 0. The molecule has 0 bridgehead atoms. The predicted octanol–water partition coefficient (Wildman–Crippen LogP) is 0.972. The van der Waals surface area contributed by atoms with Gasteiger partial charge in [0.2, 0.25) is 0 Å². The van der Waals surface area contributed by atoms with Crippen LogP contribution in [0.4, 0.5) is 5.69 Å². The van der Waals surface area contributed by atoms with E-state index in [1.807, 2.05) is 0 Å². The molecule has 3 N–H and O–H groups in total. The van der Waals surface area contributed by atoms with Crippen LogP contribution in [0.1, 0.15) is 10.5 Å². The zero-order valence-electron chi connectivity index (χ0n) is 10.4. The molecule has 0 aliphatic carbocycles. The molecule has 2 aromatic rings. The number of amides is 1. The number of benzene rings is 1. The molecule has 1 heterocycles. The second kappa shape index (κ2) is 5.30. The van der Waals surface area contributed by atoms with Crippen molar-refractivity contribution in [2.75, 3.05) is 19.5 Å². The Kier molecular flexibility index (Phi) is 3.56. The van der Waals surface area contributed by atoms with Crippen LogP contribution in [0, 0.1) is 0 Å². The number of methoxy groups -OCH3 is 2. The molecule has 1 aromatic carbocycles. The number of carbonyl (C=O) groups is 1. The molecule has 0 aliphatic rings. The minimum absolute atomic E-state index is 0.142. The number of rotatable bonds is 4. The van der Waals surface area contributed by atoms with E-state index in [1.165, 1.54) is 20.3 Å². The van der Waals surface area contributed by atoms with Crippen LogP contribution in [0.25, 0.3) is 0 Å². The number of ether oxygens (including phenoxy) is 2. The number of hydrogen-bond acceptors (Lipinski definition) is 4. The minimum atomic E-state index is -0.443. The standard InChI is InChI=1S/C12H13N3O4/c1-18-7-3-4-8(10(5-7)19-2)13-12(17)9-6-11(16)15-14-9/h3-6H,1-2H3,(H,13,17)(H2,14,15,16). The first kappa shape index (κ1) is 12.7. The molecule has 7 nitrogen and oxygen atoms in total. The number of aromatic amines is 2. The van der Waals surface area contributed by atoms with E-state index in [-0.39, 0.29) is 11.3 Å². The van der Waals surface area contributed by atoms with Crippen LogP contribution in [0.5, 0.6) is 11.5 Å². The topological polar surface area (TPSA) is 96.2 Å². The largest absolute Gasteiger partial charge is 0.497 e. The monoisotopic (exact) mass is 263 g/mol. The van der Waals surface area contributed by atoms with E-state index >= 15 is 0 Å². The second-order valence-electron chi connectivity index (χ2n) is 3.69. The molecule has 19 heavy (non-hydrogen) atoms. The molecule has 0 radical (unpaired) electrons. The Morgan fingerprint density at radius 2 is 1.95 bits per heavy atom. The van der Waals surface area contributed by atoms with E-state index in [2.05, 4.69) is 15.5 Å².